The highest BCUT2D eigenvalue weighted by molar-refractivity contribution is 6.06. The van der Waals surface area contributed by atoms with Crippen LogP contribution in [0.25, 0.3) is 0 Å². The molecule has 1 aliphatic heterocycles. The SMILES string of the molecule is Cc1cc(C(=O)N2CCCC(C)C2)ccc1NC(=O)c1cc(N)ccc1C.Cl. The molecule has 2 amide bonds. The van der Waals surface area contributed by atoms with E-state index in [-0.39, 0.29) is 24.2 Å². The number of carbonyl (C=O) groups is 2. The largest absolute Gasteiger partial charge is 0.399 e. The van der Waals surface area contributed by atoms with Gasteiger partial charge in [0, 0.05) is 35.6 Å². The molecule has 1 saturated heterocycles. The number of halogens is 1. The number of nitrogens with zero attached hydrogens (tertiary/aromatic N) is 1. The third kappa shape index (κ3) is 4.84. The first kappa shape index (κ1) is 21.8. The molecule has 1 atom stereocenters. The molecule has 0 aromatic heterocycles. The minimum atomic E-state index is -0.202. The average Bonchev–Trinajstić information content (AvgIpc) is 2.64. The van der Waals surface area contributed by atoms with Crippen molar-refractivity contribution in [1.82, 2.24) is 4.90 Å². The lowest BCUT2D eigenvalue weighted by Gasteiger charge is -2.31. The highest BCUT2D eigenvalue weighted by Crippen LogP contribution is 2.22. The van der Waals surface area contributed by atoms with Gasteiger partial charge in [-0.05, 0) is 74.1 Å². The Morgan fingerprint density at radius 1 is 1.11 bits per heavy atom. The van der Waals surface area contributed by atoms with Crippen LogP contribution in [-0.2, 0) is 0 Å². The van der Waals surface area contributed by atoms with E-state index < -0.39 is 0 Å². The van der Waals surface area contributed by atoms with Gasteiger partial charge in [-0.1, -0.05) is 13.0 Å². The summed E-state index contributed by atoms with van der Waals surface area (Å²) in [5.41, 5.74) is 10.0. The number of nitrogen functional groups attached to an aromatic ring is 1. The monoisotopic (exact) mass is 401 g/mol. The van der Waals surface area contributed by atoms with Crippen LogP contribution < -0.4 is 11.1 Å². The number of anilines is 2. The first-order valence-electron chi connectivity index (χ1n) is 9.42. The first-order valence-corrected chi connectivity index (χ1v) is 9.42. The van der Waals surface area contributed by atoms with E-state index in [1.807, 2.05) is 30.9 Å². The molecule has 1 aliphatic rings. The molecule has 0 radical (unpaired) electrons. The van der Waals surface area contributed by atoms with Crippen molar-refractivity contribution in [2.75, 3.05) is 24.1 Å². The summed E-state index contributed by atoms with van der Waals surface area (Å²) in [4.78, 5) is 27.3. The molecular weight excluding hydrogens is 374 g/mol. The quantitative estimate of drug-likeness (QED) is 0.747. The van der Waals surface area contributed by atoms with Crippen LogP contribution in [0, 0.1) is 19.8 Å². The fraction of sp³-hybridized carbons (Fsp3) is 0.364. The van der Waals surface area contributed by atoms with Crippen molar-refractivity contribution in [2.24, 2.45) is 5.92 Å². The van der Waals surface area contributed by atoms with E-state index in [0.717, 1.165) is 30.6 Å². The second kappa shape index (κ2) is 9.11. The molecule has 5 nitrogen and oxygen atoms in total. The molecule has 150 valence electrons. The number of nitrogens with one attached hydrogen (secondary N) is 1. The second-order valence-electron chi connectivity index (χ2n) is 7.56. The predicted octanol–water partition coefficient (Wildman–Crippen LogP) is 4.43. The lowest BCUT2D eigenvalue weighted by Crippen LogP contribution is -2.39. The van der Waals surface area contributed by atoms with E-state index >= 15 is 0 Å². The summed E-state index contributed by atoms with van der Waals surface area (Å²) in [5, 5.41) is 2.93. The number of rotatable bonds is 3. The van der Waals surface area contributed by atoms with Gasteiger partial charge >= 0.3 is 0 Å². The first-order chi connectivity index (χ1) is 12.8. The van der Waals surface area contributed by atoms with Gasteiger partial charge in [-0.2, -0.15) is 0 Å². The van der Waals surface area contributed by atoms with Crippen LogP contribution in [0.5, 0.6) is 0 Å². The Labute approximate surface area is 172 Å². The van der Waals surface area contributed by atoms with Crippen LogP contribution in [0.4, 0.5) is 11.4 Å². The molecule has 0 aliphatic carbocycles. The number of nitrogens with two attached hydrogens (primary N) is 1. The van der Waals surface area contributed by atoms with Crippen molar-refractivity contribution >= 4 is 35.6 Å². The van der Waals surface area contributed by atoms with Crippen LogP contribution in [-0.4, -0.2) is 29.8 Å². The van der Waals surface area contributed by atoms with Crippen molar-refractivity contribution < 1.29 is 9.59 Å². The molecule has 1 heterocycles. The van der Waals surface area contributed by atoms with Crippen LogP contribution >= 0.6 is 12.4 Å². The number of carbonyl (C=O) groups excluding carboxylic acids is 2. The van der Waals surface area contributed by atoms with Gasteiger partial charge in [0.15, 0.2) is 0 Å². The van der Waals surface area contributed by atoms with E-state index in [4.69, 9.17) is 5.73 Å². The zero-order valence-electron chi connectivity index (χ0n) is 16.6. The van der Waals surface area contributed by atoms with Crippen molar-refractivity contribution in [3.63, 3.8) is 0 Å². The lowest BCUT2D eigenvalue weighted by molar-refractivity contribution is 0.0683. The molecule has 0 bridgehead atoms. The van der Waals surface area contributed by atoms with Crippen LogP contribution in [0.1, 0.15) is 51.6 Å². The summed E-state index contributed by atoms with van der Waals surface area (Å²) in [7, 11) is 0. The Hall–Kier alpha value is -2.53. The second-order valence-corrected chi connectivity index (χ2v) is 7.56. The maximum Gasteiger partial charge on any atom is 0.256 e. The molecule has 0 spiro atoms. The summed E-state index contributed by atoms with van der Waals surface area (Å²) in [6.07, 6.45) is 2.23. The summed E-state index contributed by atoms with van der Waals surface area (Å²) in [6.45, 7) is 7.59. The van der Waals surface area contributed by atoms with E-state index in [9.17, 15) is 9.59 Å². The molecule has 0 saturated carbocycles. The fourth-order valence-corrected chi connectivity index (χ4v) is 3.57. The predicted molar refractivity (Wildman–Crippen MR) is 116 cm³/mol. The summed E-state index contributed by atoms with van der Waals surface area (Å²) < 4.78 is 0. The van der Waals surface area contributed by atoms with Gasteiger partial charge in [0.05, 0.1) is 0 Å². The van der Waals surface area contributed by atoms with Crippen LogP contribution in [0.3, 0.4) is 0 Å². The lowest BCUT2D eigenvalue weighted by atomic mass is 9.99. The molecule has 1 fully saturated rings. The van der Waals surface area contributed by atoms with Gasteiger partial charge in [0.1, 0.15) is 0 Å². The highest BCUT2D eigenvalue weighted by Gasteiger charge is 2.22. The van der Waals surface area contributed by atoms with Crippen molar-refractivity contribution in [3.05, 3.63) is 58.7 Å². The average molecular weight is 402 g/mol. The number of hydrogen-bond acceptors (Lipinski definition) is 3. The normalized spacial score (nSPS) is 16.2. The summed E-state index contributed by atoms with van der Waals surface area (Å²) >= 11 is 0. The molecule has 3 rings (SSSR count). The zero-order valence-corrected chi connectivity index (χ0v) is 17.4. The van der Waals surface area contributed by atoms with Gasteiger partial charge < -0.3 is 16.0 Å². The third-order valence-electron chi connectivity index (χ3n) is 5.17. The van der Waals surface area contributed by atoms with E-state index in [1.54, 1.807) is 24.3 Å². The Kier molecular flexibility index (Phi) is 7.08. The van der Waals surface area contributed by atoms with Gasteiger partial charge in [0.25, 0.3) is 11.8 Å². The number of amides is 2. The van der Waals surface area contributed by atoms with Gasteiger partial charge in [0.2, 0.25) is 0 Å². The summed E-state index contributed by atoms with van der Waals surface area (Å²) in [5.74, 6) is 0.407. The minimum Gasteiger partial charge on any atom is -0.399 e. The molecular formula is C22H28ClN3O2. The van der Waals surface area contributed by atoms with E-state index in [1.165, 1.54) is 6.42 Å². The van der Waals surface area contributed by atoms with Crippen LogP contribution in [0.2, 0.25) is 0 Å². The van der Waals surface area contributed by atoms with Gasteiger partial charge in [-0.25, -0.2) is 0 Å². The van der Waals surface area contributed by atoms with Gasteiger partial charge in [-0.3, -0.25) is 9.59 Å². The maximum atomic E-state index is 12.8. The molecule has 6 heteroatoms. The standard InChI is InChI=1S/C22H27N3O2.ClH/c1-14-5-4-10-25(13-14)22(27)17-7-9-20(16(3)11-17)24-21(26)19-12-18(23)8-6-15(19)2;/h6-9,11-12,14H,4-5,10,13,23H2,1-3H3,(H,24,26);1H. The molecule has 28 heavy (non-hydrogen) atoms. The number of aryl methyl sites for hydroxylation is 2. The number of piperidine rings is 1. The Balaban J connectivity index is 0.00000280. The molecule has 2 aromatic rings. The third-order valence-corrected chi connectivity index (χ3v) is 5.17. The topological polar surface area (TPSA) is 75.4 Å². The van der Waals surface area contributed by atoms with Crippen molar-refractivity contribution in [1.29, 1.82) is 0 Å². The Morgan fingerprint density at radius 3 is 2.54 bits per heavy atom. The van der Waals surface area contributed by atoms with Crippen LogP contribution in [0.15, 0.2) is 36.4 Å². The van der Waals surface area contributed by atoms with E-state index in [0.29, 0.717) is 28.4 Å². The van der Waals surface area contributed by atoms with Gasteiger partial charge in [-0.15, -0.1) is 12.4 Å². The maximum absolute atomic E-state index is 12.8. The molecule has 2 aromatic carbocycles. The number of likely N-dealkylation sites (tertiary alicyclic amines) is 1. The van der Waals surface area contributed by atoms with E-state index in [2.05, 4.69) is 12.2 Å². The summed E-state index contributed by atoms with van der Waals surface area (Å²) in [6, 6.07) is 10.7. The molecule has 1 unspecified atom stereocenters. The highest BCUT2D eigenvalue weighted by atomic mass is 35.5. The van der Waals surface area contributed by atoms with Crippen molar-refractivity contribution in [3.8, 4) is 0 Å². The fourth-order valence-electron chi connectivity index (χ4n) is 3.57. The number of benzene rings is 2. The van der Waals surface area contributed by atoms with Crippen molar-refractivity contribution in [2.45, 2.75) is 33.6 Å². The Bertz CT molecular complexity index is 882. The smallest absolute Gasteiger partial charge is 0.256 e. The number of hydrogen-bond donors (Lipinski definition) is 2. The zero-order chi connectivity index (χ0) is 19.6. The molecule has 3 N–H and O–H groups in total. The Morgan fingerprint density at radius 2 is 1.86 bits per heavy atom. The minimum absolute atomic E-state index is 0.